The molecule has 110 valence electrons. The van der Waals surface area contributed by atoms with E-state index in [-0.39, 0.29) is 17.2 Å². The fraction of sp³-hybridized carbons (Fsp3) is 0.231. The van der Waals surface area contributed by atoms with Crippen LogP contribution in [0.4, 0.5) is 5.69 Å². The molecule has 21 heavy (non-hydrogen) atoms. The summed E-state index contributed by atoms with van der Waals surface area (Å²) in [6.45, 7) is 3.61. The Labute approximate surface area is 129 Å². The number of nitro benzene ring substituents is 1. The Kier molecular flexibility index (Phi) is 4.08. The average Bonchev–Trinajstić information content (AvgIpc) is 2.73. The van der Waals surface area contributed by atoms with Gasteiger partial charge in [-0.1, -0.05) is 0 Å². The van der Waals surface area contributed by atoms with E-state index < -0.39 is 4.92 Å². The van der Waals surface area contributed by atoms with Gasteiger partial charge in [-0.05, 0) is 41.9 Å². The first kappa shape index (κ1) is 15.2. The van der Waals surface area contributed by atoms with Crippen LogP contribution in [-0.4, -0.2) is 27.7 Å². The number of rotatable bonds is 3. The smallest absolute Gasteiger partial charge is 0.295 e. The van der Waals surface area contributed by atoms with Crippen molar-refractivity contribution in [2.45, 2.75) is 13.8 Å². The molecule has 0 saturated heterocycles. The van der Waals surface area contributed by atoms with Crippen LogP contribution >= 0.6 is 15.9 Å². The Bertz CT molecular complexity index is 739. The number of amides is 1. The van der Waals surface area contributed by atoms with Gasteiger partial charge < -0.3 is 5.32 Å². The summed E-state index contributed by atoms with van der Waals surface area (Å²) in [7, 11) is 1.47. The van der Waals surface area contributed by atoms with Gasteiger partial charge in [0.15, 0.2) is 0 Å². The minimum atomic E-state index is -0.522. The molecule has 7 nitrogen and oxygen atoms in total. The van der Waals surface area contributed by atoms with Crippen molar-refractivity contribution in [1.82, 2.24) is 15.1 Å². The molecular weight excluding hydrogens is 340 g/mol. The Morgan fingerprint density at radius 1 is 1.43 bits per heavy atom. The highest BCUT2D eigenvalue weighted by atomic mass is 79.9. The summed E-state index contributed by atoms with van der Waals surface area (Å²) in [5, 5.41) is 18.0. The Hall–Kier alpha value is -2.22. The Morgan fingerprint density at radius 2 is 2.10 bits per heavy atom. The number of aryl methyl sites for hydroxylation is 1. The number of nitrogens with zero attached hydrogens (tertiary/aromatic N) is 3. The van der Waals surface area contributed by atoms with E-state index in [2.05, 4.69) is 26.3 Å². The first-order valence-electron chi connectivity index (χ1n) is 6.09. The number of hydrogen-bond acceptors (Lipinski definition) is 4. The number of halogens is 1. The lowest BCUT2D eigenvalue weighted by Gasteiger charge is -2.07. The van der Waals surface area contributed by atoms with E-state index in [0.29, 0.717) is 5.69 Å². The third-order valence-electron chi connectivity index (χ3n) is 3.09. The van der Waals surface area contributed by atoms with Crippen LogP contribution in [0.5, 0.6) is 0 Å². The highest BCUT2D eigenvalue weighted by Gasteiger charge is 2.21. The van der Waals surface area contributed by atoms with Gasteiger partial charge in [0.1, 0.15) is 5.69 Å². The summed E-state index contributed by atoms with van der Waals surface area (Å²) < 4.78 is 2.29. The minimum Gasteiger partial charge on any atom is -0.355 e. The van der Waals surface area contributed by atoms with E-state index in [1.165, 1.54) is 29.9 Å². The molecule has 0 radical (unpaired) electrons. The largest absolute Gasteiger partial charge is 0.355 e. The predicted molar refractivity (Wildman–Crippen MR) is 80.8 cm³/mol. The normalized spacial score (nSPS) is 10.5. The topological polar surface area (TPSA) is 90.1 Å². The SMILES string of the molecule is CNC(=O)c1ccc(-n2nc(C)c(Br)c2C)c([N+](=O)[O-])c1. The van der Waals surface area contributed by atoms with Crippen molar-refractivity contribution in [1.29, 1.82) is 0 Å². The summed E-state index contributed by atoms with van der Waals surface area (Å²) in [6, 6.07) is 4.30. The third kappa shape index (κ3) is 2.66. The number of carbonyl (C=O) groups is 1. The quantitative estimate of drug-likeness (QED) is 0.678. The van der Waals surface area contributed by atoms with Crippen LogP contribution in [0.1, 0.15) is 21.7 Å². The summed E-state index contributed by atoms with van der Waals surface area (Å²) in [4.78, 5) is 22.4. The van der Waals surface area contributed by atoms with Crippen LogP contribution in [0.3, 0.4) is 0 Å². The van der Waals surface area contributed by atoms with Crippen molar-refractivity contribution in [2.75, 3.05) is 7.05 Å². The molecule has 0 spiro atoms. The molecule has 2 aromatic rings. The van der Waals surface area contributed by atoms with Gasteiger partial charge in [-0.25, -0.2) is 4.68 Å². The zero-order chi connectivity index (χ0) is 15.7. The zero-order valence-electron chi connectivity index (χ0n) is 11.7. The summed E-state index contributed by atoms with van der Waals surface area (Å²) in [5.74, 6) is -0.376. The lowest BCUT2D eigenvalue weighted by atomic mass is 10.1. The van der Waals surface area contributed by atoms with Crippen molar-refractivity contribution in [3.8, 4) is 5.69 Å². The molecule has 2 rings (SSSR count). The lowest BCUT2D eigenvalue weighted by molar-refractivity contribution is -0.384. The number of nitrogens with one attached hydrogen (secondary N) is 1. The maximum atomic E-state index is 11.6. The van der Waals surface area contributed by atoms with Gasteiger partial charge in [0.2, 0.25) is 0 Å². The molecule has 0 unspecified atom stereocenters. The standard InChI is InChI=1S/C13H13BrN4O3/c1-7-12(14)8(2)17(16-7)10-5-4-9(13(19)15-3)6-11(10)18(20)21/h4-6H,1-3H3,(H,15,19). The molecule has 0 aliphatic heterocycles. The summed E-state index contributed by atoms with van der Waals surface area (Å²) in [5.41, 5.74) is 1.86. The van der Waals surface area contributed by atoms with Crippen molar-refractivity contribution in [3.63, 3.8) is 0 Å². The van der Waals surface area contributed by atoms with Gasteiger partial charge in [0, 0.05) is 18.7 Å². The lowest BCUT2D eigenvalue weighted by Crippen LogP contribution is -2.18. The van der Waals surface area contributed by atoms with Crippen LogP contribution in [0.2, 0.25) is 0 Å². The molecule has 1 amide bonds. The highest BCUT2D eigenvalue weighted by Crippen LogP contribution is 2.29. The fourth-order valence-corrected chi connectivity index (χ4v) is 2.24. The van der Waals surface area contributed by atoms with E-state index in [4.69, 9.17) is 0 Å². The second kappa shape index (κ2) is 5.65. The van der Waals surface area contributed by atoms with Crippen molar-refractivity contribution in [3.05, 3.63) is 49.7 Å². The van der Waals surface area contributed by atoms with E-state index in [9.17, 15) is 14.9 Å². The van der Waals surface area contributed by atoms with Crippen LogP contribution in [0.15, 0.2) is 22.7 Å². The number of benzene rings is 1. The van der Waals surface area contributed by atoms with Crippen molar-refractivity contribution in [2.24, 2.45) is 0 Å². The maximum Gasteiger partial charge on any atom is 0.295 e. The number of carbonyl (C=O) groups excluding carboxylic acids is 1. The van der Waals surface area contributed by atoms with E-state index in [1.54, 1.807) is 13.8 Å². The molecule has 0 fully saturated rings. The van der Waals surface area contributed by atoms with Crippen LogP contribution < -0.4 is 5.32 Å². The third-order valence-corrected chi connectivity index (χ3v) is 4.24. The molecule has 1 aromatic carbocycles. The summed E-state index contributed by atoms with van der Waals surface area (Å²) in [6.07, 6.45) is 0. The minimum absolute atomic E-state index is 0.172. The highest BCUT2D eigenvalue weighted by molar-refractivity contribution is 9.10. The maximum absolute atomic E-state index is 11.6. The average molecular weight is 353 g/mol. The van der Waals surface area contributed by atoms with Gasteiger partial charge in [-0.2, -0.15) is 5.10 Å². The van der Waals surface area contributed by atoms with Crippen molar-refractivity contribution >= 4 is 27.5 Å². The Balaban J connectivity index is 2.66. The molecule has 0 aliphatic rings. The molecule has 0 aliphatic carbocycles. The molecular formula is C13H13BrN4O3. The number of hydrogen-bond donors (Lipinski definition) is 1. The summed E-state index contributed by atoms with van der Waals surface area (Å²) >= 11 is 3.39. The van der Waals surface area contributed by atoms with Crippen LogP contribution in [0, 0.1) is 24.0 Å². The molecule has 1 aromatic heterocycles. The van der Waals surface area contributed by atoms with E-state index in [1.807, 2.05) is 0 Å². The van der Waals surface area contributed by atoms with Crippen LogP contribution in [-0.2, 0) is 0 Å². The predicted octanol–water partition coefficient (Wildman–Crippen LogP) is 2.52. The fourth-order valence-electron chi connectivity index (χ4n) is 1.99. The van der Waals surface area contributed by atoms with Gasteiger partial charge in [-0.15, -0.1) is 0 Å². The number of nitro groups is 1. The monoisotopic (exact) mass is 352 g/mol. The molecule has 1 heterocycles. The second-order valence-corrected chi connectivity index (χ2v) is 5.23. The molecule has 8 heteroatoms. The van der Waals surface area contributed by atoms with Crippen molar-refractivity contribution < 1.29 is 9.72 Å². The second-order valence-electron chi connectivity index (χ2n) is 4.44. The van der Waals surface area contributed by atoms with Gasteiger partial charge in [0.05, 0.1) is 20.8 Å². The molecule has 0 saturated carbocycles. The zero-order valence-corrected chi connectivity index (χ0v) is 13.3. The van der Waals surface area contributed by atoms with Gasteiger partial charge in [-0.3, -0.25) is 14.9 Å². The first-order chi connectivity index (χ1) is 9.86. The number of aromatic nitrogens is 2. The van der Waals surface area contributed by atoms with Gasteiger partial charge >= 0.3 is 0 Å². The Morgan fingerprint density at radius 3 is 2.57 bits per heavy atom. The molecule has 0 bridgehead atoms. The van der Waals surface area contributed by atoms with E-state index in [0.717, 1.165) is 15.9 Å². The molecule has 1 N–H and O–H groups in total. The van der Waals surface area contributed by atoms with E-state index >= 15 is 0 Å². The first-order valence-corrected chi connectivity index (χ1v) is 6.88. The van der Waals surface area contributed by atoms with Gasteiger partial charge in [0.25, 0.3) is 11.6 Å². The molecule has 0 atom stereocenters. The van der Waals surface area contributed by atoms with Crippen LogP contribution in [0.25, 0.3) is 5.69 Å².